The van der Waals surface area contributed by atoms with Crippen molar-refractivity contribution in [3.05, 3.63) is 71.4 Å². The highest BCUT2D eigenvalue weighted by molar-refractivity contribution is 5.93. The quantitative estimate of drug-likeness (QED) is 0.761. The summed E-state index contributed by atoms with van der Waals surface area (Å²) in [5.74, 6) is 0. The summed E-state index contributed by atoms with van der Waals surface area (Å²) >= 11 is 0. The fourth-order valence-electron chi connectivity index (χ4n) is 3.40. The number of fused-ring (bicyclic) bond motifs is 2. The minimum absolute atomic E-state index is 0.444. The number of aliphatic hydroxyl groups excluding tert-OH is 1. The van der Waals surface area contributed by atoms with Crippen LogP contribution in [0, 0.1) is 0 Å². The highest BCUT2D eigenvalue weighted by Gasteiger charge is 2.24. The van der Waals surface area contributed by atoms with E-state index in [9.17, 15) is 5.11 Å². The molecule has 23 heavy (non-hydrogen) atoms. The van der Waals surface area contributed by atoms with Crippen LogP contribution in [-0.2, 0) is 13.0 Å². The summed E-state index contributed by atoms with van der Waals surface area (Å²) in [6, 6.07) is 18.6. The molecule has 1 atom stereocenters. The van der Waals surface area contributed by atoms with Gasteiger partial charge in [0, 0.05) is 23.2 Å². The standard InChI is InChI=1S/C20H20N2O/c23-18-12-6-10-16-19(21-13-14-7-2-1-3-8-14)15-9-4-5-11-17(15)22-20(16)18/h1-5,7-9,11,18,23H,6,10,12-13H2,(H,21,22)/t18-/m1/s1. The van der Waals surface area contributed by atoms with Gasteiger partial charge in [0.25, 0.3) is 0 Å². The zero-order valence-corrected chi connectivity index (χ0v) is 13.0. The second kappa shape index (κ2) is 6.01. The Hall–Kier alpha value is -2.39. The number of hydrogen-bond donors (Lipinski definition) is 2. The minimum Gasteiger partial charge on any atom is -0.387 e. The van der Waals surface area contributed by atoms with Crippen LogP contribution in [0.1, 0.15) is 35.8 Å². The third-order valence-electron chi connectivity index (χ3n) is 4.56. The predicted octanol–water partition coefficient (Wildman–Crippen LogP) is 4.22. The zero-order valence-electron chi connectivity index (χ0n) is 13.0. The van der Waals surface area contributed by atoms with Crippen molar-refractivity contribution < 1.29 is 5.11 Å². The van der Waals surface area contributed by atoms with Crippen LogP contribution in [0.15, 0.2) is 54.6 Å². The first-order valence-electron chi connectivity index (χ1n) is 8.20. The van der Waals surface area contributed by atoms with Crippen molar-refractivity contribution in [2.24, 2.45) is 0 Å². The molecule has 0 radical (unpaired) electrons. The lowest BCUT2D eigenvalue weighted by Gasteiger charge is -2.25. The van der Waals surface area contributed by atoms with E-state index in [1.807, 2.05) is 24.3 Å². The van der Waals surface area contributed by atoms with E-state index in [4.69, 9.17) is 4.98 Å². The molecule has 3 aromatic rings. The van der Waals surface area contributed by atoms with Crippen LogP contribution >= 0.6 is 0 Å². The Labute approximate surface area is 136 Å². The number of anilines is 1. The van der Waals surface area contributed by atoms with E-state index >= 15 is 0 Å². The molecule has 3 heteroatoms. The molecule has 1 aliphatic carbocycles. The topological polar surface area (TPSA) is 45.2 Å². The molecular weight excluding hydrogens is 284 g/mol. The lowest BCUT2D eigenvalue weighted by atomic mass is 9.90. The van der Waals surface area contributed by atoms with Gasteiger partial charge in [0.15, 0.2) is 0 Å². The van der Waals surface area contributed by atoms with Crippen LogP contribution in [0.25, 0.3) is 10.9 Å². The number of nitrogens with zero attached hydrogens (tertiary/aromatic N) is 1. The first-order chi connectivity index (χ1) is 11.3. The third-order valence-corrected chi connectivity index (χ3v) is 4.56. The SMILES string of the molecule is O[C@@H]1CCCc2c1nc1ccccc1c2NCc1ccccc1. The minimum atomic E-state index is -0.444. The van der Waals surface area contributed by atoms with Gasteiger partial charge >= 0.3 is 0 Å². The van der Waals surface area contributed by atoms with Gasteiger partial charge < -0.3 is 10.4 Å². The lowest BCUT2D eigenvalue weighted by molar-refractivity contribution is 0.152. The molecule has 0 fully saturated rings. The van der Waals surface area contributed by atoms with E-state index in [2.05, 4.69) is 35.6 Å². The number of hydrogen-bond acceptors (Lipinski definition) is 3. The Bertz CT molecular complexity index is 830. The fraction of sp³-hybridized carbons (Fsp3) is 0.250. The van der Waals surface area contributed by atoms with Crippen LogP contribution in [0.5, 0.6) is 0 Å². The molecular formula is C20H20N2O. The molecule has 0 bridgehead atoms. The van der Waals surface area contributed by atoms with E-state index in [0.29, 0.717) is 0 Å². The molecule has 3 nitrogen and oxygen atoms in total. The molecule has 2 aromatic carbocycles. The van der Waals surface area contributed by atoms with Crippen molar-refractivity contribution in [3.8, 4) is 0 Å². The lowest BCUT2D eigenvalue weighted by Crippen LogP contribution is -2.15. The molecule has 1 aromatic heterocycles. The summed E-state index contributed by atoms with van der Waals surface area (Å²) in [7, 11) is 0. The largest absolute Gasteiger partial charge is 0.387 e. The number of rotatable bonds is 3. The van der Waals surface area contributed by atoms with Crippen LogP contribution in [0.2, 0.25) is 0 Å². The van der Waals surface area contributed by atoms with Gasteiger partial charge in [-0.1, -0.05) is 48.5 Å². The maximum absolute atomic E-state index is 10.3. The molecule has 2 N–H and O–H groups in total. The number of aromatic nitrogens is 1. The Morgan fingerprint density at radius 2 is 1.83 bits per heavy atom. The Balaban J connectivity index is 1.80. The van der Waals surface area contributed by atoms with E-state index in [1.54, 1.807) is 0 Å². The normalized spacial score (nSPS) is 17.0. The number of para-hydroxylation sites is 1. The Morgan fingerprint density at radius 1 is 1.04 bits per heavy atom. The van der Waals surface area contributed by atoms with Crippen molar-refractivity contribution in [1.29, 1.82) is 0 Å². The summed E-state index contributed by atoms with van der Waals surface area (Å²) in [6.07, 6.45) is 2.34. The van der Waals surface area contributed by atoms with Crippen molar-refractivity contribution in [3.63, 3.8) is 0 Å². The molecule has 4 rings (SSSR count). The van der Waals surface area contributed by atoms with Crippen molar-refractivity contribution in [2.75, 3.05) is 5.32 Å². The summed E-state index contributed by atoms with van der Waals surface area (Å²) in [5, 5.41) is 15.1. The highest BCUT2D eigenvalue weighted by atomic mass is 16.3. The predicted molar refractivity (Wildman–Crippen MR) is 93.4 cm³/mol. The molecule has 1 heterocycles. The smallest absolute Gasteiger partial charge is 0.0963 e. The van der Waals surface area contributed by atoms with E-state index < -0.39 is 6.10 Å². The summed E-state index contributed by atoms with van der Waals surface area (Å²) < 4.78 is 0. The first-order valence-corrected chi connectivity index (χ1v) is 8.20. The second-order valence-corrected chi connectivity index (χ2v) is 6.11. The Kier molecular flexibility index (Phi) is 3.72. The van der Waals surface area contributed by atoms with Crippen LogP contribution in [-0.4, -0.2) is 10.1 Å². The summed E-state index contributed by atoms with van der Waals surface area (Å²) in [6.45, 7) is 0.775. The molecule has 0 saturated carbocycles. The van der Waals surface area contributed by atoms with Gasteiger partial charge in [-0.3, -0.25) is 0 Å². The number of nitrogens with one attached hydrogen (secondary N) is 1. The summed E-state index contributed by atoms with van der Waals surface area (Å²) in [5.41, 5.74) is 5.36. The van der Waals surface area contributed by atoms with Crippen molar-refractivity contribution in [1.82, 2.24) is 4.98 Å². The van der Waals surface area contributed by atoms with Gasteiger partial charge in [-0.2, -0.15) is 0 Å². The maximum Gasteiger partial charge on any atom is 0.0963 e. The molecule has 0 unspecified atom stereocenters. The Morgan fingerprint density at radius 3 is 2.70 bits per heavy atom. The van der Waals surface area contributed by atoms with Crippen LogP contribution in [0.3, 0.4) is 0 Å². The van der Waals surface area contributed by atoms with Crippen LogP contribution < -0.4 is 5.32 Å². The van der Waals surface area contributed by atoms with E-state index in [0.717, 1.165) is 48.1 Å². The van der Waals surface area contributed by atoms with Crippen LogP contribution in [0.4, 0.5) is 5.69 Å². The maximum atomic E-state index is 10.3. The first kappa shape index (κ1) is 14.2. The van der Waals surface area contributed by atoms with Gasteiger partial charge in [-0.25, -0.2) is 4.98 Å². The average Bonchev–Trinajstić information content (AvgIpc) is 2.60. The van der Waals surface area contributed by atoms with Gasteiger partial charge in [-0.15, -0.1) is 0 Å². The molecule has 0 aliphatic heterocycles. The van der Waals surface area contributed by atoms with Crippen molar-refractivity contribution in [2.45, 2.75) is 31.9 Å². The molecule has 0 amide bonds. The molecule has 116 valence electrons. The van der Waals surface area contributed by atoms with E-state index in [1.165, 1.54) is 11.1 Å². The monoisotopic (exact) mass is 304 g/mol. The fourth-order valence-corrected chi connectivity index (χ4v) is 3.40. The number of aliphatic hydroxyl groups is 1. The van der Waals surface area contributed by atoms with Gasteiger partial charge in [0.1, 0.15) is 0 Å². The number of benzene rings is 2. The molecule has 0 spiro atoms. The highest BCUT2D eigenvalue weighted by Crippen LogP contribution is 2.37. The average molecular weight is 304 g/mol. The van der Waals surface area contributed by atoms with E-state index in [-0.39, 0.29) is 0 Å². The summed E-state index contributed by atoms with van der Waals surface area (Å²) in [4.78, 5) is 4.72. The second-order valence-electron chi connectivity index (χ2n) is 6.11. The van der Waals surface area contributed by atoms with Gasteiger partial charge in [0.2, 0.25) is 0 Å². The van der Waals surface area contributed by atoms with Crippen molar-refractivity contribution >= 4 is 16.6 Å². The number of pyridine rings is 1. The molecule has 0 saturated heterocycles. The van der Waals surface area contributed by atoms with Gasteiger partial charge in [0.05, 0.1) is 17.3 Å². The third kappa shape index (κ3) is 2.68. The molecule has 1 aliphatic rings. The van der Waals surface area contributed by atoms with Gasteiger partial charge in [-0.05, 0) is 30.9 Å². The zero-order chi connectivity index (χ0) is 15.6.